The van der Waals surface area contributed by atoms with Crippen molar-refractivity contribution in [1.82, 2.24) is 21.3 Å². The van der Waals surface area contributed by atoms with Crippen molar-refractivity contribution in [3.05, 3.63) is 24.0 Å². The van der Waals surface area contributed by atoms with Gasteiger partial charge in [0.05, 0.1) is 24.8 Å². The second kappa shape index (κ2) is 16.5. The van der Waals surface area contributed by atoms with Gasteiger partial charge in [0.1, 0.15) is 30.3 Å². The van der Waals surface area contributed by atoms with Crippen molar-refractivity contribution in [2.45, 2.75) is 62.6 Å². The van der Waals surface area contributed by atoms with Crippen molar-refractivity contribution in [2.75, 3.05) is 37.7 Å². The Morgan fingerprint density at radius 3 is 2.31 bits per heavy atom. The van der Waals surface area contributed by atoms with E-state index in [1.807, 2.05) is 5.32 Å². The molecule has 5 amide bonds. The van der Waals surface area contributed by atoms with Crippen molar-refractivity contribution >= 4 is 41.4 Å². The summed E-state index contributed by atoms with van der Waals surface area (Å²) in [6.45, 7) is -1.90. The smallest absolute Gasteiger partial charge is 0.455 e. The Balaban J connectivity index is 2.07. The highest BCUT2D eigenvalue weighted by Crippen LogP contribution is 2.35. The monoisotopic (exact) mass is 716 g/mol. The second-order valence-corrected chi connectivity index (χ2v) is 10.7. The van der Waals surface area contributed by atoms with Gasteiger partial charge in [0.15, 0.2) is 0 Å². The number of rotatable bonds is 15. The number of ether oxygens (including phenoxy) is 2. The lowest BCUT2D eigenvalue weighted by Crippen LogP contribution is -2.63. The number of alkyl halides is 5. The van der Waals surface area contributed by atoms with Gasteiger partial charge in [-0.3, -0.25) is 24.0 Å². The van der Waals surface area contributed by atoms with Crippen LogP contribution in [0.5, 0.6) is 5.75 Å². The summed E-state index contributed by atoms with van der Waals surface area (Å²) >= 11 is 0. The summed E-state index contributed by atoms with van der Waals surface area (Å²) in [5.41, 5.74) is 2.09. The number of amides is 5. The maximum Gasteiger partial charge on any atom is 0.455 e. The van der Waals surface area contributed by atoms with E-state index in [-0.39, 0.29) is 37.4 Å². The van der Waals surface area contributed by atoms with E-state index in [2.05, 4.69) is 10.6 Å². The molecule has 16 nitrogen and oxygen atoms in total. The lowest BCUT2D eigenvalue weighted by atomic mass is 10.0. The highest BCUT2D eigenvalue weighted by Gasteiger charge is 2.58. The highest BCUT2D eigenvalue weighted by atomic mass is 19.4. The van der Waals surface area contributed by atoms with Crippen LogP contribution in [0.1, 0.15) is 26.7 Å². The van der Waals surface area contributed by atoms with Crippen LogP contribution in [0.4, 0.5) is 36.8 Å². The SMILES string of the molecule is C[C@H]1Oc2ccc(F)cc2N(CCOC(=O)NCCNC(=O)C(N)CCC(=O)O)C(=O)[C@H]1NC(=O)C(C)(O)C(=O)NCC(F)(F)C(F)(F)F. The van der Waals surface area contributed by atoms with Crippen LogP contribution in [0.15, 0.2) is 18.2 Å². The number of alkyl carbamates (subject to hydrolysis) is 1. The number of nitrogens with one attached hydrogen (secondary N) is 4. The molecule has 2 unspecified atom stereocenters. The van der Waals surface area contributed by atoms with Crippen LogP contribution < -0.4 is 36.6 Å². The molecule has 1 heterocycles. The number of nitrogens with two attached hydrogens (primary N) is 1. The summed E-state index contributed by atoms with van der Waals surface area (Å²) in [4.78, 5) is 74.1. The average Bonchev–Trinajstić information content (AvgIpc) is 3.09. The molecule has 4 atom stereocenters. The van der Waals surface area contributed by atoms with Crippen LogP contribution in [0.25, 0.3) is 0 Å². The predicted octanol–water partition coefficient (Wildman–Crippen LogP) is -0.476. The Kier molecular flexibility index (Phi) is 13.6. The molecular weight excluding hydrogens is 682 g/mol. The first-order valence-electron chi connectivity index (χ1n) is 14.3. The normalized spacial score (nSPS) is 18.1. The molecular formula is C27H34F6N6O10. The van der Waals surface area contributed by atoms with E-state index in [0.717, 1.165) is 28.4 Å². The molecule has 1 aliphatic rings. The Hall–Kier alpha value is -4.86. The average molecular weight is 717 g/mol. The van der Waals surface area contributed by atoms with E-state index in [1.165, 1.54) is 6.92 Å². The van der Waals surface area contributed by atoms with E-state index in [4.69, 9.17) is 20.3 Å². The number of carbonyl (C=O) groups excluding carboxylic acids is 5. The van der Waals surface area contributed by atoms with Gasteiger partial charge in [0.2, 0.25) is 11.5 Å². The number of carboxylic acids is 1. The van der Waals surface area contributed by atoms with Gasteiger partial charge >= 0.3 is 24.2 Å². The molecule has 1 aliphatic heterocycles. The number of halogens is 6. The van der Waals surface area contributed by atoms with Crippen molar-refractivity contribution in [3.8, 4) is 5.75 Å². The second-order valence-electron chi connectivity index (χ2n) is 10.7. The quantitative estimate of drug-likeness (QED) is 0.0696. The molecule has 1 aromatic carbocycles. The summed E-state index contributed by atoms with van der Waals surface area (Å²) < 4.78 is 88.7. The van der Waals surface area contributed by atoms with Gasteiger partial charge in [-0.2, -0.15) is 22.0 Å². The lowest BCUT2D eigenvalue weighted by molar-refractivity contribution is -0.278. The van der Waals surface area contributed by atoms with Crippen LogP contribution in [0.2, 0.25) is 0 Å². The molecule has 0 spiro atoms. The van der Waals surface area contributed by atoms with Gasteiger partial charge in [0.25, 0.3) is 17.7 Å². The van der Waals surface area contributed by atoms with Crippen LogP contribution in [-0.4, -0.2) is 115 Å². The molecule has 8 N–H and O–H groups in total. The zero-order valence-corrected chi connectivity index (χ0v) is 25.9. The number of anilines is 1. The molecule has 1 aromatic rings. The lowest BCUT2D eigenvalue weighted by Gasteiger charge is -2.29. The summed E-state index contributed by atoms with van der Waals surface area (Å²) in [7, 11) is 0. The number of fused-ring (bicyclic) bond motifs is 1. The van der Waals surface area contributed by atoms with E-state index < -0.39 is 97.1 Å². The fourth-order valence-corrected chi connectivity index (χ4v) is 3.99. The van der Waals surface area contributed by atoms with Gasteiger partial charge in [0, 0.05) is 25.6 Å². The van der Waals surface area contributed by atoms with E-state index in [9.17, 15) is 60.2 Å². The van der Waals surface area contributed by atoms with Crippen molar-refractivity contribution in [2.24, 2.45) is 5.73 Å². The minimum Gasteiger partial charge on any atom is -0.486 e. The third-order valence-electron chi connectivity index (χ3n) is 6.83. The topological polar surface area (TPSA) is 239 Å². The number of hydrogen-bond acceptors (Lipinski definition) is 10. The van der Waals surface area contributed by atoms with Crippen molar-refractivity contribution < 1.29 is 74.8 Å². The zero-order chi connectivity index (χ0) is 37.3. The molecule has 0 saturated heterocycles. The van der Waals surface area contributed by atoms with E-state index in [0.29, 0.717) is 6.92 Å². The number of nitrogens with zero attached hydrogens (tertiary/aromatic N) is 1. The first kappa shape index (κ1) is 40.3. The number of aliphatic hydroxyl groups is 1. The molecule has 2 rings (SSSR count). The van der Waals surface area contributed by atoms with Gasteiger partial charge < -0.3 is 51.6 Å². The Bertz CT molecular complexity index is 1410. The molecule has 0 aliphatic carbocycles. The molecule has 49 heavy (non-hydrogen) atoms. The fraction of sp³-hybridized carbons (Fsp3) is 0.556. The Morgan fingerprint density at radius 1 is 1.06 bits per heavy atom. The molecule has 0 bridgehead atoms. The molecule has 0 saturated carbocycles. The predicted molar refractivity (Wildman–Crippen MR) is 153 cm³/mol. The summed E-state index contributed by atoms with van der Waals surface area (Å²) in [6.07, 6.45) is -8.83. The summed E-state index contributed by atoms with van der Waals surface area (Å²) in [5.74, 6) is -12.8. The minimum absolute atomic E-state index is 0.0976. The van der Waals surface area contributed by atoms with Gasteiger partial charge in [-0.05, 0) is 32.4 Å². The molecule has 0 aromatic heterocycles. The third kappa shape index (κ3) is 11.1. The summed E-state index contributed by atoms with van der Waals surface area (Å²) in [5, 5.41) is 26.8. The first-order chi connectivity index (χ1) is 22.6. The number of carbonyl (C=O) groups is 6. The number of hydrogen-bond donors (Lipinski definition) is 7. The minimum atomic E-state index is -6.05. The summed E-state index contributed by atoms with van der Waals surface area (Å²) in [6, 6.07) is 0.102. The molecule has 0 radical (unpaired) electrons. The maximum atomic E-state index is 14.2. The largest absolute Gasteiger partial charge is 0.486 e. The molecule has 0 fully saturated rings. The standard InChI is InChI=1S/C27H34F6N6O10/c1-13-19(38-23(45)25(2,47)22(44)37-12-26(29,30)27(31,32)33)21(43)39(16-11-14(28)3-5-17(16)49-13)9-10-48-24(46)36-8-7-35-20(42)15(34)4-6-18(40)41/h3,5,11,13,15,19,47H,4,6-10,12,34H2,1-2H3,(H,35,42)(H,36,46)(H,37,44)(H,38,45)(H,40,41)/t13-,15?,19+,25?/m1/s1. The first-order valence-corrected chi connectivity index (χ1v) is 14.3. The number of carboxylic acid groups (broad SMARTS) is 1. The van der Waals surface area contributed by atoms with Crippen molar-refractivity contribution in [1.29, 1.82) is 0 Å². The van der Waals surface area contributed by atoms with E-state index in [1.54, 1.807) is 0 Å². The Labute approximate surface area is 273 Å². The van der Waals surface area contributed by atoms with Crippen LogP contribution >= 0.6 is 0 Å². The Morgan fingerprint density at radius 2 is 1.69 bits per heavy atom. The zero-order valence-electron chi connectivity index (χ0n) is 25.9. The van der Waals surface area contributed by atoms with Crippen LogP contribution in [-0.2, 0) is 28.7 Å². The van der Waals surface area contributed by atoms with Crippen LogP contribution in [0, 0.1) is 5.82 Å². The third-order valence-corrected chi connectivity index (χ3v) is 6.83. The highest BCUT2D eigenvalue weighted by molar-refractivity contribution is 6.10. The van der Waals surface area contributed by atoms with Gasteiger partial charge in [-0.25, -0.2) is 9.18 Å². The number of aliphatic carboxylic acids is 1. The molecule has 274 valence electrons. The van der Waals surface area contributed by atoms with Gasteiger partial charge in [-0.1, -0.05) is 0 Å². The van der Waals surface area contributed by atoms with Crippen LogP contribution in [0.3, 0.4) is 0 Å². The fourth-order valence-electron chi connectivity index (χ4n) is 3.99. The van der Waals surface area contributed by atoms with Gasteiger partial charge in [-0.15, -0.1) is 0 Å². The molecule has 22 heteroatoms. The van der Waals surface area contributed by atoms with Crippen molar-refractivity contribution in [3.63, 3.8) is 0 Å². The van der Waals surface area contributed by atoms with E-state index >= 15 is 0 Å². The number of benzene rings is 1. The maximum absolute atomic E-state index is 14.2.